The van der Waals surface area contributed by atoms with E-state index >= 15 is 0 Å². The van der Waals surface area contributed by atoms with Crippen molar-refractivity contribution in [1.82, 2.24) is 9.80 Å². The molecule has 1 amide bonds. The van der Waals surface area contributed by atoms with Crippen LogP contribution in [0.1, 0.15) is 77.7 Å². The number of carbonyl (C=O) groups is 1. The van der Waals surface area contributed by atoms with Crippen LogP contribution >= 0.6 is 0 Å². The zero-order valence-electron chi connectivity index (χ0n) is 21.3. The predicted molar refractivity (Wildman–Crippen MR) is 135 cm³/mol. The molecule has 4 heteroatoms. The number of β-amino-alcohol motifs (C(OH)–C–C–N with tert-alkyl or cyclic N) is 1. The highest BCUT2D eigenvalue weighted by atomic mass is 16.3. The number of hydrogen-bond acceptors (Lipinski definition) is 3. The second-order valence-corrected chi connectivity index (χ2v) is 12.1. The van der Waals surface area contributed by atoms with Crippen molar-refractivity contribution in [3.8, 4) is 0 Å². The van der Waals surface area contributed by atoms with Crippen molar-refractivity contribution >= 4 is 5.91 Å². The Hall–Kier alpha value is -1.39. The number of aliphatic hydroxyl groups is 1. The van der Waals surface area contributed by atoms with Gasteiger partial charge in [0.1, 0.15) is 0 Å². The lowest BCUT2D eigenvalue weighted by molar-refractivity contribution is -0.157. The zero-order chi connectivity index (χ0) is 23.5. The third-order valence-electron chi connectivity index (χ3n) is 9.01. The Kier molecular flexibility index (Phi) is 7.85. The van der Waals surface area contributed by atoms with Gasteiger partial charge in [-0.05, 0) is 49.6 Å². The number of carbonyl (C=O) groups excluding carboxylic acids is 1. The largest absolute Gasteiger partial charge is 0.388 e. The maximum absolute atomic E-state index is 13.3. The number of hydrogen-bond donors (Lipinski definition) is 1. The van der Waals surface area contributed by atoms with Gasteiger partial charge in [0.05, 0.1) is 5.60 Å². The van der Waals surface area contributed by atoms with E-state index in [0.29, 0.717) is 31.3 Å². The van der Waals surface area contributed by atoms with Crippen LogP contribution in [0, 0.1) is 23.2 Å². The van der Waals surface area contributed by atoms with Crippen LogP contribution in [-0.2, 0) is 11.2 Å². The van der Waals surface area contributed by atoms with Crippen molar-refractivity contribution in [1.29, 1.82) is 0 Å². The first kappa shape index (κ1) is 24.7. The van der Waals surface area contributed by atoms with Crippen LogP contribution in [0.5, 0.6) is 0 Å². The zero-order valence-corrected chi connectivity index (χ0v) is 21.3. The number of benzene rings is 1. The number of nitrogens with zero attached hydrogens (tertiary/aromatic N) is 2. The van der Waals surface area contributed by atoms with Gasteiger partial charge in [-0.15, -0.1) is 0 Å². The summed E-state index contributed by atoms with van der Waals surface area (Å²) in [5.74, 6) is 1.81. The van der Waals surface area contributed by atoms with E-state index in [0.717, 1.165) is 38.4 Å². The Balaban J connectivity index is 1.29. The van der Waals surface area contributed by atoms with E-state index in [2.05, 4.69) is 60.9 Å². The highest BCUT2D eigenvalue weighted by Crippen LogP contribution is 2.41. The molecule has 0 bridgehead atoms. The summed E-state index contributed by atoms with van der Waals surface area (Å²) in [4.78, 5) is 17.8. The molecule has 4 rings (SSSR count). The number of likely N-dealkylation sites (tertiary alicyclic amines) is 2. The van der Waals surface area contributed by atoms with Crippen molar-refractivity contribution < 1.29 is 9.90 Å². The van der Waals surface area contributed by atoms with Crippen molar-refractivity contribution in [2.24, 2.45) is 23.2 Å². The molecule has 3 fully saturated rings. The Morgan fingerprint density at radius 3 is 2.48 bits per heavy atom. The standard InChI is InChI=1S/C29H46N2O2/c1-23(18-24-10-6-4-7-11-24)27(32)31-17-15-29(33,28(2,3)21-31)22-30-16-14-26(20-30)19-25-12-8-5-9-13-25/h5,8-9,12-13,23-24,26,33H,4,6-7,10-11,14-22H2,1-3H3/t23-,26?,29?/m1/s1. The molecule has 1 aliphatic carbocycles. The molecule has 0 aromatic heterocycles. The number of amides is 1. The van der Waals surface area contributed by atoms with Gasteiger partial charge >= 0.3 is 0 Å². The van der Waals surface area contributed by atoms with Gasteiger partial charge in [-0.1, -0.05) is 83.2 Å². The summed E-state index contributed by atoms with van der Waals surface area (Å²) in [6.45, 7) is 10.7. The van der Waals surface area contributed by atoms with Crippen molar-refractivity contribution in [3.63, 3.8) is 0 Å². The molecule has 4 nitrogen and oxygen atoms in total. The Labute approximate surface area is 201 Å². The van der Waals surface area contributed by atoms with Gasteiger partial charge in [0.25, 0.3) is 0 Å². The normalized spacial score (nSPS) is 29.8. The van der Waals surface area contributed by atoms with E-state index in [1.165, 1.54) is 44.1 Å². The average Bonchev–Trinajstić information content (AvgIpc) is 3.23. The Bertz CT molecular complexity index is 773. The van der Waals surface area contributed by atoms with Crippen LogP contribution < -0.4 is 0 Å². The molecule has 0 radical (unpaired) electrons. The lowest BCUT2D eigenvalue weighted by atomic mass is 9.69. The van der Waals surface area contributed by atoms with Gasteiger partial charge in [0.2, 0.25) is 5.91 Å². The first-order chi connectivity index (χ1) is 15.8. The van der Waals surface area contributed by atoms with Gasteiger partial charge in [-0.3, -0.25) is 4.79 Å². The van der Waals surface area contributed by atoms with E-state index in [1.807, 2.05) is 0 Å². The molecule has 0 spiro atoms. The molecule has 1 saturated carbocycles. The lowest BCUT2D eigenvalue weighted by Gasteiger charge is -2.52. The van der Waals surface area contributed by atoms with Crippen molar-refractivity contribution in [3.05, 3.63) is 35.9 Å². The molecular formula is C29H46N2O2. The monoisotopic (exact) mass is 454 g/mol. The van der Waals surface area contributed by atoms with E-state index < -0.39 is 5.60 Å². The molecule has 33 heavy (non-hydrogen) atoms. The lowest BCUT2D eigenvalue weighted by Crippen LogP contribution is -2.62. The summed E-state index contributed by atoms with van der Waals surface area (Å²) < 4.78 is 0. The molecule has 2 heterocycles. The fraction of sp³-hybridized carbons (Fsp3) is 0.759. The topological polar surface area (TPSA) is 43.8 Å². The van der Waals surface area contributed by atoms with Crippen LogP contribution in [0.25, 0.3) is 0 Å². The summed E-state index contributed by atoms with van der Waals surface area (Å²) in [6.07, 6.45) is 10.7. The van der Waals surface area contributed by atoms with Crippen molar-refractivity contribution in [2.75, 3.05) is 32.7 Å². The van der Waals surface area contributed by atoms with E-state index in [9.17, 15) is 9.90 Å². The summed E-state index contributed by atoms with van der Waals surface area (Å²) >= 11 is 0. The van der Waals surface area contributed by atoms with Gasteiger partial charge in [0.15, 0.2) is 0 Å². The van der Waals surface area contributed by atoms with Gasteiger partial charge in [0, 0.05) is 37.5 Å². The van der Waals surface area contributed by atoms with Crippen molar-refractivity contribution in [2.45, 2.75) is 84.2 Å². The molecule has 3 aliphatic rings. The third kappa shape index (κ3) is 6.00. The highest BCUT2D eigenvalue weighted by molar-refractivity contribution is 5.78. The molecule has 2 unspecified atom stereocenters. The summed E-state index contributed by atoms with van der Waals surface area (Å²) in [6, 6.07) is 10.8. The molecule has 3 atom stereocenters. The van der Waals surface area contributed by atoms with Crippen LogP contribution in [0.15, 0.2) is 30.3 Å². The predicted octanol–water partition coefficient (Wildman–Crippen LogP) is 5.15. The number of piperidine rings is 1. The molecule has 1 aromatic rings. The Morgan fingerprint density at radius 2 is 1.79 bits per heavy atom. The summed E-state index contributed by atoms with van der Waals surface area (Å²) in [7, 11) is 0. The van der Waals surface area contributed by atoms with Gasteiger partial charge in [-0.25, -0.2) is 0 Å². The minimum Gasteiger partial charge on any atom is -0.388 e. The summed E-state index contributed by atoms with van der Waals surface area (Å²) in [5.41, 5.74) is 0.374. The summed E-state index contributed by atoms with van der Waals surface area (Å²) in [5, 5.41) is 11.8. The molecule has 2 saturated heterocycles. The molecule has 2 aliphatic heterocycles. The highest BCUT2D eigenvalue weighted by Gasteiger charge is 2.50. The Morgan fingerprint density at radius 1 is 1.06 bits per heavy atom. The van der Waals surface area contributed by atoms with Gasteiger partial charge in [-0.2, -0.15) is 0 Å². The second kappa shape index (κ2) is 10.5. The van der Waals surface area contributed by atoms with Crippen LogP contribution in [0.4, 0.5) is 0 Å². The fourth-order valence-electron chi connectivity index (χ4n) is 6.72. The van der Waals surface area contributed by atoms with E-state index in [-0.39, 0.29) is 11.3 Å². The number of rotatable bonds is 7. The van der Waals surface area contributed by atoms with Crippen LogP contribution in [0.3, 0.4) is 0 Å². The second-order valence-electron chi connectivity index (χ2n) is 12.1. The van der Waals surface area contributed by atoms with Gasteiger partial charge < -0.3 is 14.9 Å². The molecule has 184 valence electrons. The maximum Gasteiger partial charge on any atom is 0.225 e. The first-order valence-corrected chi connectivity index (χ1v) is 13.5. The third-order valence-corrected chi connectivity index (χ3v) is 9.01. The molecular weight excluding hydrogens is 408 g/mol. The van der Waals surface area contributed by atoms with E-state index in [1.54, 1.807) is 0 Å². The fourth-order valence-corrected chi connectivity index (χ4v) is 6.72. The smallest absolute Gasteiger partial charge is 0.225 e. The average molecular weight is 455 g/mol. The quantitative estimate of drug-likeness (QED) is 0.620. The molecule has 1 N–H and O–H groups in total. The van der Waals surface area contributed by atoms with Crippen LogP contribution in [0.2, 0.25) is 0 Å². The minimum absolute atomic E-state index is 0.104. The van der Waals surface area contributed by atoms with E-state index in [4.69, 9.17) is 0 Å². The molecule has 1 aromatic carbocycles. The van der Waals surface area contributed by atoms with Crippen LogP contribution in [-0.4, -0.2) is 59.1 Å². The first-order valence-electron chi connectivity index (χ1n) is 13.5. The maximum atomic E-state index is 13.3. The minimum atomic E-state index is -0.738. The SMILES string of the molecule is C[C@H](CC1CCCCC1)C(=O)N1CCC(O)(CN2CCC(Cc3ccccc3)C2)C(C)(C)C1.